The highest BCUT2D eigenvalue weighted by Gasteiger charge is 2.38. The second-order valence-electron chi connectivity index (χ2n) is 6.23. The Morgan fingerprint density at radius 2 is 2.05 bits per heavy atom. The maximum atomic E-state index is 12.4. The molecule has 1 amide bonds. The van der Waals surface area contributed by atoms with Gasteiger partial charge in [0.1, 0.15) is 0 Å². The molecular weight excluding hydrogens is 264 g/mol. The van der Waals surface area contributed by atoms with Crippen LogP contribution in [0.15, 0.2) is 24.3 Å². The summed E-state index contributed by atoms with van der Waals surface area (Å²) in [5.74, 6) is 0.680. The first-order valence-corrected chi connectivity index (χ1v) is 7.81. The minimum absolute atomic E-state index is 0.0103. The van der Waals surface area contributed by atoms with Crippen LogP contribution in [0.5, 0.6) is 0 Å². The highest BCUT2D eigenvalue weighted by atomic mass is 16.2. The van der Waals surface area contributed by atoms with E-state index in [2.05, 4.69) is 10.6 Å². The summed E-state index contributed by atoms with van der Waals surface area (Å²) in [4.78, 5) is 23.8. The van der Waals surface area contributed by atoms with Crippen LogP contribution in [0.25, 0.3) is 0 Å². The van der Waals surface area contributed by atoms with E-state index in [1.807, 2.05) is 6.07 Å². The van der Waals surface area contributed by atoms with E-state index in [4.69, 9.17) is 0 Å². The molecule has 0 spiro atoms. The minimum Gasteiger partial charge on any atom is -0.325 e. The van der Waals surface area contributed by atoms with Crippen molar-refractivity contribution in [2.45, 2.75) is 51.1 Å². The standard InChI is InChI=1S/C17H22N2O2/c1-11(20)12-6-4-7-14(9-12)18-17(21)16-10-13-5-2-3-8-15(13)19-16/h4,6-7,9,13,15-16,19H,2-3,5,8,10H2,1H3,(H,18,21). The number of carbonyl (C=O) groups excluding carboxylic acids is 2. The van der Waals surface area contributed by atoms with Crippen molar-refractivity contribution in [2.75, 3.05) is 5.32 Å². The fourth-order valence-corrected chi connectivity index (χ4v) is 3.57. The van der Waals surface area contributed by atoms with Gasteiger partial charge in [-0.3, -0.25) is 9.59 Å². The van der Waals surface area contributed by atoms with Crippen molar-refractivity contribution < 1.29 is 9.59 Å². The molecule has 2 aliphatic rings. The summed E-state index contributed by atoms with van der Waals surface area (Å²) in [6, 6.07) is 7.54. The Balaban J connectivity index is 1.64. The molecule has 4 nitrogen and oxygen atoms in total. The van der Waals surface area contributed by atoms with Crippen LogP contribution in [0.1, 0.15) is 49.4 Å². The van der Waals surface area contributed by atoms with Crippen LogP contribution in [-0.4, -0.2) is 23.8 Å². The van der Waals surface area contributed by atoms with Gasteiger partial charge in [-0.25, -0.2) is 0 Å². The monoisotopic (exact) mass is 286 g/mol. The summed E-state index contributed by atoms with van der Waals surface area (Å²) in [7, 11) is 0. The Morgan fingerprint density at radius 1 is 1.24 bits per heavy atom. The van der Waals surface area contributed by atoms with Gasteiger partial charge in [0.15, 0.2) is 5.78 Å². The number of ketones is 1. The number of amides is 1. The fraction of sp³-hybridized carbons (Fsp3) is 0.529. The lowest BCUT2D eigenvalue weighted by Crippen LogP contribution is -2.39. The molecule has 1 aromatic rings. The first kappa shape index (κ1) is 14.3. The molecule has 1 aliphatic heterocycles. The van der Waals surface area contributed by atoms with Crippen molar-refractivity contribution in [3.05, 3.63) is 29.8 Å². The molecule has 1 saturated carbocycles. The second-order valence-corrected chi connectivity index (χ2v) is 6.23. The van der Waals surface area contributed by atoms with Gasteiger partial charge in [-0.1, -0.05) is 25.0 Å². The Kier molecular flexibility index (Phi) is 4.06. The molecule has 0 bridgehead atoms. The number of carbonyl (C=O) groups is 2. The molecule has 2 fully saturated rings. The van der Waals surface area contributed by atoms with Crippen molar-refractivity contribution in [1.29, 1.82) is 0 Å². The summed E-state index contributed by atoms with van der Waals surface area (Å²) < 4.78 is 0. The Bertz CT molecular complexity index is 541. The van der Waals surface area contributed by atoms with Gasteiger partial charge in [0, 0.05) is 17.3 Å². The topological polar surface area (TPSA) is 58.2 Å². The molecule has 0 radical (unpaired) electrons. The van der Waals surface area contributed by atoms with Crippen molar-refractivity contribution in [2.24, 2.45) is 5.92 Å². The first-order valence-electron chi connectivity index (χ1n) is 7.81. The SMILES string of the molecule is CC(=O)c1cccc(NC(=O)C2CC3CCCCC3N2)c1. The van der Waals surface area contributed by atoms with Crippen LogP contribution in [-0.2, 0) is 4.79 Å². The number of anilines is 1. The average molecular weight is 286 g/mol. The molecular formula is C17H22N2O2. The molecule has 21 heavy (non-hydrogen) atoms. The van der Waals surface area contributed by atoms with Crippen LogP contribution < -0.4 is 10.6 Å². The van der Waals surface area contributed by atoms with Gasteiger partial charge in [0.2, 0.25) is 5.91 Å². The molecule has 1 saturated heterocycles. The molecule has 1 heterocycles. The highest BCUT2D eigenvalue weighted by molar-refractivity contribution is 5.98. The zero-order valence-electron chi connectivity index (χ0n) is 12.4. The zero-order valence-corrected chi connectivity index (χ0v) is 12.4. The van der Waals surface area contributed by atoms with Crippen LogP contribution >= 0.6 is 0 Å². The number of hydrogen-bond donors (Lipinski definition) is 2. The van der Waals surface area contributed by atoms with E-state index < -0.39 is 0 Å². The number of hydrogen-bond acceptors (Lipinski definition) is 3. The molecule has 0 aromatic heterocycles. The maximum absolute atomic E-state index is 12.4. The largest absolute Gasteiger partial charge is 0.325 e. The van der Waals surface area contributed by atoms with E-state index in [1.54, 1.807) is 18.2 Å². The smallest absolute Gasteiger partial charge is 0.241 e. The third-order valence-electron chi connectivity index (χ3n) is 4.72. The van der Waals surface area contributed by atoms with Gasteiger partial charge in [0.25, 0.3) is 0 Å². The van der Waals surface area contributed by atoms with Crippen molar-refractivity contribution in [3.8, 4) is 0 Å². The molecule has 3 atom stereocenters. The van der Waals surface area contributed by atoms with Crippen LogP contribution in [0, 0.1) is 5.92 Å². The maximum Gasteiger partial charge on any atom is 0.241 e. The number of fused-ring (bicyclic) bond motifs is 1. The van der Waals surface area contributed by atoms with E-state index in [0.29, 0.717) is 23.2 Å². The predicted molar refractivity (Wildman–Crippen MR) is 82.4 cm³/mol. The van der Waals surface area contributed by atoms with Gasteiger partial charge in [-0.2, -0.15) is 0 Å². The van der Waals surface area contributed by atoms with Gasteiger partial charge in [0.05, 0.1) is 6.04 Å². The van der Waals surface area contributed by atoms with Gasteiger partial charge >= 0.3 is 0 Å². The Hall–Kier alpha value is -1.68. The summed E-state index contributed by atoms with van der Waals surface area (Å²) in [5.41, 5.74) is 1.32. The molecule has 1 aliphatic carbocycles. The van der Waals surface area contributed by atoms with Crippen molar-refractivity contribution in [3.63, 3.8) is 0 Å². The van der Waals surface area contributed by atoms with Crippen LogP contribution in [0.4, 0.5) is 5.69 Å². The Morgan fingerprint density at radius 3 is 2.81 bits per heavy atom. The molecule has 3 rings (SSSR count). The number of rotatable bonds is 3. The molecule has 4 heteroatoms. The summed E-state index contributed by atoms with van der Waals surface area (Å²) in [6.45, 7) is 1.53. The van der Waals surface area contributed by atoms with Crippen LogP contribution in [0.3, 0.4) is 0 Å². The molecule has 1 aromatic carbocycles. The lowest BCUT2D eigenvalue weighted by molar-refractivity contribution is -0.117. The van der Waals surface area contributed by atoms with Gasteiger partial charge in [-0.05, 0) is 44.2 Å². The fourth-order valence-electron chi connectivity index (χ4n) is 3.57. The summed E-state index contributed by atoms with van der Waals surface area (Å²) in [5, 5.41) is 6.41. The lowest BCUT2D eigenvalue weighted by Gasteiger charge is -2.24. The van der Waals surface area contributed by atoms with E-state index >= 15 is 0 Å². The second kappa shape index (κ2) is 5.98. The summed E-state index contributed by atoms with van der Waals surface area (Å²) >= 11 is 0. The van der Waals surface area contributed by atoms with Crippen molar-refractivity contribution >= 4 is 17.4 Å². The Labute approximate surface area is 125 Å². The third-order valence-corrected chi connectivity index (χ3v) is 4.72. The van der Waals surface area contributed by atoms with E-state index in [0.717, 1.165) is 6.42 Å². The number of Topliss-reactive ketones (excluding diaryl/α,β-unsaturated/α-hetero) is 1. The quantitative estimate of drug-likeness (QED) is 0.840. The first-order chi connectivity index (χ1) is 10.1. The van der Waals surface area contributed by atoms with Gasteiger partial charge in [-0.15, -0.1) is 0 Å². The summed E-state index contributed by atoms with van der Waals surface area (Å²) in [6.07, 6.45) is 5.92. The predicted octanol–water partition coefficient (Wildman–Crippen LogP) is 2.75. The van der Waals surface area contributed by atoms with E-state index in [9.17, 15) is 9.59 Å². The minimum atomic E-state index is -0.0981. The highest BCUT2D eigenvalue weighted by Crippen LogP contribution is 2.33. The average Bonchev–Trinajstić information content (AvgIpc) is 2.91. The molecule has 2 N–H and O–H groups in total. The number of benzene rings is 1. The molecule has 3 unspecified atom stereocenters. The third kappa shape index (κ3) is 3.16. The van der Waals surface area contributed by atoms with Gasteiger partial charge < -0.3 is 10.6 Å². The number of nitrogens with one attached hydrogen (secondary N) is 2. The van der Waals surface area contributed by atoms with Crippen LogP contribution in [0.2, 0.25) is 0 Å². The van der Waals surface area contributed by atoms with E-state index in [-0.39, 0.29) is 17.7 Å². The lowest BCUT2D eigenvalue weighted by atomic mass is 9.85. The normalized spacial score (nSPS) is 28.0. The molecule has 112 valence electrons. The van der Waals surface area contributed by atoms with E-state index in [1.165, 1.54) is 32.6 Å². The van der Waals surface area contributed by atoms with Crippen molar-refractivity contribution in [1.82, 2.24) is 5.32 Å². The zero-order chi connectivity index (χ0) is 14.8.